The number of halogens is 3. The highest BCUT2D eigenvalue weighted by atomic mass is 79.9. The zero-order valence-corrected chi connectivity index (χ0v) is 8.31. The van der Waals surface area contributed by atoms with Gasteiger partial charge in [-0.05, 0) is 6.07 Å². The minimum Gasteiger partial charge on any atom is -0.396 e. The van der Waals surface area contributed by atoms with Crippen LogP contribution in [0.5, 0.6) is 0 Å². The molecular weight excluding hydrogens is 240 g/mol. The molecule has 0 aliphatic rings. The van der Waals surface area contributed by atoms with E-state index in [1.807, 2.05) is 0 Å². The fraction of sp³-hybridized carbons (Fsp3) is 0.111. The predicted octanol–water partition coefficient (Wildman–Crippen LogP) is 2.96. The fourth-order valence-corrected chi connectivity index (χ4v) is 1.07. The van der Waals surface area contributed by atoms with Crippen LogP contribution in [-0.4, -0.2) is 5.33 Å². The van der Waals surface area contributed by atoms with Gasteiger partial charge >= 0.3 is 0 Å². The summed E-state index contributed by atoms with van der Waals surface area (Å²) in [6.45, 7) is 0. The molecule has 0 saturated heterocycles. The lowest BCUT2D eigenvalue weighted by Gasteiger charge is -2.00. The van der Waals surface area contributed by atoms with Crippen molar-refractivity contribution in [3.63, 3.8) is 0 Å². The van der Waals surface area contributed by atoms with Crippen molar-refractivity contribution in [3.05, 3.63) is 35.4 Å². The number of alkyl halides is 1. The van der Waals surface area contributed by atoms with Crippen molar-refractivity contribution >= 4 is 27.7 Å². The van der Waals surface area contributed by atoms with Crippen molar-refractivity contribution in [3.8, 4) is 0 Å². The Morgan fingerprint density at radius 2 is 2.00 bits per heavy atom. The Balaban J connectivity index is 3.08. The van der Waals surface area contributed by atoms with Gasteiger partial charge in [-0.15, -0.1) is 0 Å². The standard InChI is InChI=1S/C9H8BrF2N/c10-3-1-2-6-4-9(13)8(12)5-7(6)11/h1-2,4-5H,3,13H2. The molecule has 4 heteroatoms. The van der Waals surface area contributed by atoms with Crippen LogP contribution in [0.2, 0.25) is 0 Å². The lowest BCUT2D eigenvalue weighted by molar-refractivity contribution is 0.584. The zero-order chi connectivity index (χ0) is 9.84. The Morgan fingerprint density at radius 3 is 2.62 bits per heavy atom. The molecule has 13 heavy (non-hydrogen) atoms. The normalized spacial score (nSPS) is 11.0. The number of nitrogen functional groups attached to an aromatic ring is 1. The van der Waals surface area contributed by atoms with Crippen LogP contribution in [0, 0.1) is 11.6 Å². The van der Waals surface area contributed by atoms with Crippen LogP contribution >= 0.6 is 15.9 Å². The van der Waals surface area contributed by atoms with Crippen molar-refractivity contribution < 1.29 is 8.78 Å². The second-order valence-corrected chi connectivity index (χ2v) is 3.10. The number of anilines is 1. The van der Waals surface area contributed by atoms with Gasteiger partial charge < -0.3 is 5.73 Å². The summed E-state index contributed by atoms with van der Waals surface area (Å²) < 4.78 is 25.7. The van der Waals surface area contributed by atoms with Crippen molar-refractivity contribution in [2.24, 2.45) is 0 Å². The number of rotatable bonds is 2. The Bertz CT molecular complexity index is 337. The van der Waals surface area contributed by atoms with Gasteiger partial charge in [0.1, 0.15) is 11.6 Å². The third kappa shape index (κ3) is 2.52. The van der Waals surface area contributed by atoms with Gasteiger partial charge in [0.2, 0.25) is 0 Å². The van der Waals surface area contributed by atoms with Gasteiger partial charge in [-0.3, -0.25) is 0 Å². The molecule has 1 aromatic carbocycles. The average molecular weight is 248 g/mol. The van der Waals surface area contributed by atoms with Gasteiger partial charge in [0.25, 0.3) is 0 Å². The highest BCUT2D eigenvalue weighted by Crippen LogP contribution is 2.17. The molecule has 0 radical (unpaired) electrons. The monoisotopic (exact) mass is 247 g/mol. The van der Waals surface area contributed by atoms with Gasteiger partial charge in [0, 0.05) is 17.0 Å². The largest absolute Gasteiger partial charge is 0.396 e. The lowest BCUT2D eigenvalue weighted by Crippen LogP contribution is -1.93. The summed E-state index contributed by atoms with van der Waals surface area (Å²) in [5.41, 5.74) is 5.52. The first-order valence-electron chi connectivity index (χ1n) is 3.62. The molecule has 1 nitrogen and oxygen atoms in total. The molecule has 0 spiro atoms. The minimum atomic E-state index is -0.728. The molecular formula is C9H8BrF2N. The first-order valence-corrected chi connectivity index (χ1v) is 4.74. The van der Waals surface area contributed by atoms with E-state index in [1.54, 1.807) is 12.2 Å². The van der Waals surface area contributed by atoms with Gasteiger partial charge in [-0.1, -0.05) is 28.1 Å². The van der Waals surface area contributed by atoms with Gasteiger partial charge in [-0.25, -0.2) is 8.78 Å². The molecule has 0 aliphatic carbocycles. The predicted molar refractivity (Wildman–Crippen MR) is 53.6 cm³/mol. The molecule has 0 atom stereocenters. The van der Waals surface area contributed by atoms with Crippen molar-refractivity contribution in [2.45, 2.75) is 0 Å². The van der Waals surface area contributed by atoms with Crippen LogP contribution in [-0.2, 0) is 0 Å². The number of allylic oxidation sites excluding steroid dienone is 1. The van der Waals surface area contributed by atoms with Crippen LogP contribution < -0.4 is 5.73 Å². The summed E-state index contributed by atoms with van der Waals surface area (Å²) in [5.74, 6) is -1.34. The van der Waals surface area contributed by atoms with E-state index < -0.39 is 11.6 Å². The molecule has 70 valence electrons. The molecule has 0 unspecified atom stereocenters. The van der Waals surface area contributed by atoms with Crippen molar-refractivity contribution in [1.29, 1.82) is 0 Å². The third-order valence-corrected chi connectivity index (χ3v) is 1.88. The minimum absolute atomic E-state index is 0.0457. The van der Waals surface area contributed by atoms with Gasteiger partial charge in [0.15, 0.2) is 0 Å². The Morgan fingerprint density at radius 1 is 1.31 bits per heavy atom. The topological polar surface area (TPSA) is 26.0 Å². The van der Waals surface area contributed by atoms with Crippen LogP contribution in [0.4, 0.5) is 14.5 Å². The molecule has 0 bridgehead atoms. The summed E-state index contributed by atoms with van der Waals surface area (Å²) in [6, 6.07) is 2.05. The number of hydrogen-bond acceptors (Lipinski definition) is 1. The van der Waals surface area contributed by atoms with E-state index in [9.17, 15) is 8.78 Å². The zero-order valence-electron chi connectivity index (χ0n) is 6.73. The molecule has 0 heterocycles. The quantitative estimate of drug-likeness (QED) is 0.632. The maximum Gasteiger partial charge on any atom is 0.149 e. The second kappa shape index (κ2) is 4.37. The highest BCUT2D eigenvalue weighted by molar-refractivity contribution is 9.09. The maximum atomic E-state index is 13.0. The molecule has 0 aliphatic heterocycles. The van der Waals surface area contributed by atoms with Crippen LogP contribution in [0.1, 0.15) is 5.56 Å². The molecule has 1 aromatic rings. The van der Waals surface area contributed by atoms with Gasteiger partial charge in [0.05, 0.1) is 5.69 Å². The van der Waals surface area contributed by atoms with E-state index >= 15 is 0 Å². The molecule has 0 saturated carbocycles. The van der Waals surface area contributed by atoms with Crippen LogP contribution in [0.3, 0.4) is 0 Å². The molecule has 2 N–H and O–H groups in total. The number of hydrogen-bond donors (Lipinski definition) is 1. The van der Waals surface area contributed by atoms with Crippen LogP contribution in [0.25, 0.3) is 6.08 Å². The average Bonchev–Trinajstić information content (AvgIpc) is 2.09. The maximum absolute atomic E-state index is 13.0. The molecule has 0 aromatic heterocycles. The van der Waals surface area contributed by atoms with E-state index in [0.29, 0.717) is 10.9 Å². The second-order valence-electron chi connectivity index (χ2n) is 2.45. The van der Waals surface area contributed by atoms with E-state index in [4.69, 9.17) is 5.73 Å². The van der Waals surface area contributed by atoms with E-state index in [1.165, 1.54) is 6.07 Å². The first-order chi connectivity index (χ1) is 6.15. The summed E-state index contributed by atoms with van der Waals surface area (Å²) >= 11 is 3.15. The number of nitrogens with two attached hydrogens (primary N) is 1. The molecule has 0 amide bonds. The number of benzene rings is 1. The van der Waals surface area contributed by atoms with Crippen molar-refractivity contribution in [2.75, 3.05) is 11.1 Å². The van der Waals surface area contributed by atoms with E-state index in [2.05, 4.69) is 15.9 Å². The smallest absolute Gasteiger partial charge is 0.149 e. The summed E-state index contributed by atoms with van der Waals surface area (Å²) in [7, 11) is 0. The van der Waals surface area contributed by atoms with Crippen molar-refractivity contribution in [1.82, 2.24) is 0 Å². The Labute approximate surface area is 83.4 Å². The third-order valence-electron chi connectivity index (χ3n) is 1.50. The van der Waals surface area contributed by atoms with E-state index in [0.717, 1.165) is 6.07 Å². The lowest BCUT2D eigenvalue weighted by atomic mass is 10.1. The fourth-order valence-electron chi connectivity index (χ4n) is 0.883. The molecule has 1 rings (SSSR count). The summed E-state index contributed by atoms with van der Waals surface area (Å²) in [5, 5.41) is 0.615. The summed E-state index contributed by atoms with van der Waals surface area (Å²) in [6.07, 6.45) is 3.25. The Kier molecular flexibility index (Phi) is 3.42. The first kappa shape index (κ1) is 10.2. The highest BCUT2D eigenvalue weighted by Gasteiger charge is 2.04. The van der Waals surface area contributed by atoms with Gasteiger partial charge in [-0.2, -0.15) is 0 Å². The van der Waals surface area contributed by atoms with Crippen LogP contribution in [0.15, 0.2) is 18.2 Å². The Hall–Kier alpha value is -0.900. The van der Waals surface area contributed by atoms with E-state index in [-0.39, 0.29) is 5.69 Å². The SMILES string of the molecule is Nc1cc(C=CCBr)c(F)cc1F. The molecule has 0 fully saturated rings. The summed E-state index contributed by atoms with van der Waals surface area (Å²) in [4.78, 5) is 0.